The van der Waals surface area contributed by atoms with E-state index in [0.717, 1.165) is 17.4 Å². The molecule has 0 aliphatic carbocycles. The summed E-state index contributed by atoms with van der Waals surface area (Å²) >= 11 is 12.4. The Morgan fingerprint density at radius 2 is 1.83 bits per heavy atom. The molecule has 2 heterocycles. The molecule has 0 amide bonds. The lowest BCUT2D eigenvalue weighted by atomic mass is 10.1. The highest BCUT2D eigenvalue weighted by Gasteiger charge is 2.15. The van der Waals surface area contributed by atoms with E-state index in [-0.39, 0.29) is 4.90 Å². The number of nitrogens with zero attached hydrogens (tertiary/aromatic N) is 3. The molecule has 3 aromatic rings. The highest BCUT2D eigenvalue weighted by molar-refractivity contribution is 7.90. The Bertz CT molecular complexity index is 1010. The molecule has 0 saturated heterocycles. The van der Waals surface area contributed by atoms with Gasteiger partial charge in [-0.3, -0.25) is 4.57 Å². The van der Waals surface area contributed by atoms with Gasteiger partial charge in [0, 0.05) is 23.0 Å². The second-order valence-electron chi connectivity index (χ2n) is 5.34. The van der Waals surface area contributed by atoms with Crippen molar-refractivity contribution < 1.29 is 8.42 Å². The molecule has 0 saturated carbocycles. The number of halogens is 2. The molecule has 0 fully saturated rings. The first kappa shape index (κ1) is 17.0. The predicted octanol–water partition coefficient (Wildman–Crippen LogP) is 3.95. The van der Waals surface area contributed by atoms with Crippen LogP contribution in [0.1, 0.15) is 5.56 Å². The summed E-state index contributed by atoms with van der Waals surface area (Å²) in [6.07, 6.45) is 3.98. The van der Waals surface area contributed by atoms with Crippen molar-refractivity contribution in [1.29, 1.82) is 0 Å². The molecule has 0 atom stereocenters. The van der Waals surface area contributed by atoms with Gasteiger partial charge in [-0.25, -0.2) is 18.4 Å². The average molecular weight is 382 g/mol. The van der Waals surface area contributed by atoms with Crippen molar-refractivity contribution in [1.82, 2.24) is 14.5 Å². The summed E-state index contributed by atoms with van der Waals surface area (Å²) in [6, 6.07) is 8.70. The number of rotatable bonds is 3. The fourth-order valence-electron chi connectivity index (χ4n) is 2.23. The van der Waals surface area contributed by atoms with Crippen LogP contribution in [-0.2, 0) is 9.84 Å². The van der Waals surface area contributed by atoms with Crippen LogP contribution in [0.2, 0.25) is 10.2 Å². The van der Waals surface area contributed by atoms with Crippen LogP contribution in [-0.4, -0.2) is 29.2 Å². The van der Waals surface area contributed by atoms with E-state index in [1.165, 1.54) is 18.6 Å². The summed E-state index contributed by atoms with van der Waals surface area (Å²) < 4.78 is 24.8. The minimum Gasteiger partial charge on any atom is -0.281 e. The normalized spacial score (nSPS) is 11.7. The lowest BCUT2D eigenvalue weighted by molar-refractivity contribution is 0.601. The van der Waals surface area contributed by atoms with Crippen molar-refractivity contribution >= 4 is 33.0 Å². The lowest BCUT2D eigenvalue weighted by Crippen LogP contribution is -2.02. The summed E-state index contributed by atoms with van der Waals surface area (Å²) in [7, 11) is -3.30. The largest absolute Gasteiger partial charge is 0.281 e. The topological polar surface area (TPSA) is 64.8 Å². The molecule has 1 aromatic carbocycles. The number of pyridine rings is 1. The Hall–Kier alpha value is -1.89. The van der Waals surface area contributed by atoms with Crippen molar-refractivity contribution in [3.63, 3.8) is 0 Å². The Morgan fingerprint density at radius 3 is 2.42 bits per heavy atom. The van der Waals surface area contributed by atoms with E-state index < -0.39 is 9.84 Å². The van der Waals surface area contributed by atoms with Gasteiger partial charge in [0.15, 0.2) is 15.0 Å². The van der Waals surface area contributed by atoms with Crippen molar-refractivity contribution in [3.05, 3.63) is 58.6 Å². The standard InChI is InChI=1S/C16H13Cl2N3O2S/c1-10-3-4-11(7-13(10)17)15-16(18)20-9-21(15)14-6-5-12(8-19-14)24(2,22)23/h3-9H,1-2H3. The summed E-state index contributed by atoms with van der Waals surface area (Å²) in [6.45, 7) is 1.91. The van der Waals surface area contributed by atoms with E-state index in [4.69, 9.17) is 23.2 Å². The molecular weight excluding hydrogens is 369 g/mol. The Balaban J connectivity index is 2.12. The molecule has 0 N–H and O–H groups in total. The van der Waals surface area contributed by atoms with Gasteiger partial charge in [0.1, 0.15) is 12.1 Å². The lowest BCUT2D eigenvalue weighted by Gasteiger charge is -2.10. The first-order chi connectivity index (χ1) is 11.3. The van der Waals surface area contributed by atoms with Crippen LogP contribution in [0.3, 0.4) is 0 Å². The van der Waals surface area contributed by atoms with Crippen LogP contribution >= 0.6 is 23.2 Å². The Labute approximate surface area is 149 Å². The van der Waals surface area contributed by atoms with Gasteiger partial charge in [0.2, 0.25) is 0 Å². The van der Waals surface area contributed by atoms with Crippen LogP contribution in [0.25, 0.3) is 17.1 Å². The van der Waals surface area contributed by atoms with Crippen molar-refractivity contribution in [2.24, 2.45) is 0 Å². The summed E-state index contributed by atoms with van der Waals surface area (Å²) in [5, 5.41) is 0.931. The SMILES string of the molecule is Cc1ccc(-c2c(Cl)ncn2-c2ccc(S(C)(=O)=O)cn2)cc1Cl. The Morgan fingerprint density at radius 1 is 1.08 bits per heavy atom. The minimum absolute atomic E-state index is 0.150. The third-order valence-corrected chi connectivity index (χ3v) is 5.35. The van der Waals surface area contributed by atoms with Gasteiger partial charge in [0.05, 0.1) is 10.6 Å². The first-order valence-corrected chi connectivity index (χ1v) is 9.58. The van der Waals surface area contributed by atoms with Crippen molar-refractivity contribution in [2.75, 3.05) is 6.26 Å². The van der Waals surface area contributed by atoms with E-state index >= 15 is 0 Å². The molecule has 2 aromatic heterocycles. The molecule has 0 radical (unpaired) electrons. The molecule has 3 rings (SSSR count). The van der Waals surface area contributed by atoms with Gasteiger partial charge in [-0.15, -0.1) is 0 Å². The summed E-state index contributed by atoms with van der Waals surface area (Å²) in [4.78, 5) is 8.48. The van der Waals surface area contributed by atoms with Gasteiger partial charge >= 0.3 is 0 Å². The minimum atomic E-state index is -3.30. The summed E-state index contributed by atoms with van der Waals surface area (Å²) in [5.41, 5.74) is 2.39. The maximum Gasteiger partial charge on any atom is 0.177 e. The summed E-state index contributed by atoms with van der Waals surface area (Å²) in [5.74, 6) is 0.508. The van der Waals surface area contributed by atoms with Crippen LogP contribution in [0.4, 0.5) is 0 Å². The fourth-order valence-corrected chi connectivity index (χ4v) is 3.22. The fraction of sp³-hybridized carbons (Fsp3) is 0.125. The molecule has 0 aliphatic rings. The molecule has 5 nitrogen and oxygen atoms in total. The van der Waals surface area contributed by atoms with E-state index in [1.54, 1.807) is 16.7 Å². The highest BCUT2D eigenvalue weighted by Crippen LogP contribution is 2.31. The number of aromatic nitrogens is 3. The van der Waals surface area contributed by atoms with Gasteiger partial charge in [0.25, 0.3) is 0 Å². The molecule has 8 heteroatoms. The molecule has 0 spiro atoms. The molecule has 24 heavy (non-hydrogen) atoms. The van der Waals surface area contributed by atoms with Crippen LogP contribution in [0.15, 0.2) is 47.8 Å². The second-order valence-corrected chi connectivity index (χ2v) is 8.12. The van der Waals surface area contributed by atoms with Gasteiger partial charge in [-0.2, -0.15) is 0 Å². The number of benzene rings is 1. The first-order valence-electron chi connectivity index (χ1n) is 6.93. The van der Waals surface area contributed by atoms with Gasteiger partial charge in [-0.1, -0.05) is 35.3 Å². The quantitative estimate of drug-likeness (QED) is 0.688. The van der Waals surface area contributed by atoms with Gasteiger partial charge < -0.3 is 0 Å². The number of hydrogen-bond acceptors (Lipinski definition) is 4. The maximum absolute atomic E-state index is 11.5. The average Bonchev–Trinajstić information content (AvgIpc) is 2.91. The van der Waals surface area contributed by atoms with E-state index in [0.29, 0.717) is 21.7 Å². The Kier molecular flexibility index (Phi) is 4.38. The van der Waals surface area contributed by atoms with E-state index in [1.807, 2.05) is 19.1 Å². The monoisotopic (exact) mass is 381 g/mol. The molecule has 0 aliphatic heterocycles. The zero-order chi connectivity index (χ0) is 17.5. The maximum atomic E-state index is 11.5. The second kappa shape index (κ2) is 6.20. The zero-order valence-corrected chi connectivity index (χ0v) is 15.2. The number of sulfone groups is 1. The molecule has 124 valence electrons. The van der Waals surface area contributed by atoms with E-state index in [2.05, 4.69) is 9.97 Å². The third kappa shape index (κ3) is 3.17. The number of hydrogen-bond donors (Lipinski definition) is 0. The molecular formula is C16H13Cl2N3O2S. The molecule has 0 unspecified atom stereocenters. The highest BCUT2D eigenvalue weighted by atomic mass is 35.5. The smallest absolute Gasteiger partial charge is 0.177 e. The predicted molar refractivity (Wildman–Crippen MR) is 94.7 cm³/mol. The van der Waals surface area contributed by atoms with Gasteiger partial charge in [-0.05, 0) is 30.7 Å². The zero-order valence-electron chi connectivity index (χ0n) is 12.9. The van der Waals surface area contributed by atoms with Crippen molar-refractivity contribution in [3.8, 4) is 17.1 Å². The number of imidazole rings is 1. The van der Waals surface area contributed by atoms with E-state index in [9.17, 15) is 8.42 Å². The van der Waals surface area contributed by atoms with Crippen LogP contribution in [0.5, 0.6) is 0 Å². The van der Waals surface area contributed by atoms with Crippen LogP contribution in [0, 0.1) is 6.92 Å². The van der Waals surface area contributed by atoms with Crippen LogP contribution < -0.4 is 0 Å². The third-order valence-electron chi connectivity index (χ3n) is 3.56. The number of aryl methyl sites for hydroxylation is 1. The molecule has 0 bridgehead atoms. The van der Waals surface area contributed by atoms with Crippen molar-refractivity contribution in [2.45, 2.75) is 11.8 Å².